The number of aromatic nitrogens is 3. The van der Waals surface area contributed by atoms with Crippen LogP contribution in [0.5, 0.6) is 0 Å². The summed E-state index contributed by atoms with van der Waals surface area (Å²) in [5.74, 6) is -0.189. The molecule has 30 heavy (non-hydrogen) atoms. The SMILES string of the molecule is C[C@@H](c1ccc(-n2cncn2)cc1)N(C)C(=O)c1ccc(COCC(F)(F)F)cc1. The zero-order valence-electron chi connectivity index (χ0n) is 16.5. The first-order valence-electron chi connectivity index (χ1n) is 9.20. The summed E-state index contributed by atoms with van der Waals surface area (Å²) in [4.78, 5) is 18.3. The number of halogens is 3. The summed E-state index contributed by atoms with van der Waals surface area (Å²) in [5, 5.41) is 4.08. The number of carbonyl (C=O) groups excluding carboxylic acids is 1. The highest BCUT2D eigenvalue weighted by molar-refractivity contribution is 5.94. The van der Waals surface area contributed by atoms with Crippen LogP contribution in [-0.4, -0.2) is 45.4 Å². The number of benzene rings is 2. The number of amides is 1. The average Bonchev–Trinajstić information content (AvgIpc) is 3.27. The molecule has 3 aromatic rings. The van der Waals surface area contributed by atoms with Gasteiger partial charge in [0.05, 0.1) is 18.3 Å². The lowest BCUT2D eigenvalue weighted by atomic mass is 10.1. The monoisotopic (exact) mass is 418 g/mol. The van der Waals surface area contributed by atoms with E-state index in [2.05, 4.69) is 14.8 Å². The predicted molar refractivity (Wildman–Crippen MR) is 104 cm³/mol. The van der Waals surface area contributed by atoms with E-state index in [1.54, 1.807) is 47.2 Å². The topological polar surface area (TPSA) is 60.2 Å². The van der Waals surface area contributed by atoms with Crippen molar-refractivity contribution in [3.63, 3.8) is 0 Å². The lowest BCUT2D eigenvalue weighted by molar-refractivity contribution is -0.176. The molecule has 3 rings (SSSR count). The normalized spacial score (nSPS) is 12.6. The van der Waals surface area contributed by atoms with Crippen LogP contribution in [0.15, 0.2) is 61.2 Å². The van der Waals surface area contributed by atoms with Gasteiger partial charge in [-0.2, -0.15) is 18.3 Å². The van der Waals surface area contributed by atoms with Crippen molar-refractivity contribution in [3.05, 3.63) is 77.9 Å². The summed E-state index contributed by atoms with van der Waals surface area (Å²) in [6.07, 6.45) is -1.30. The van der Waals surface area contributed by atoms with E-state index >= 15 is 0 Å². The molecule has 0 bridgehead atoms. The Balaban J connectivity index is 1.61. The van der Waals surface area contributed by atoms with Gasteiger partial charge in [-0.15, -0.1) is 0 Å². The van der Waals surface area contributed by atoms with Gasteiger partial charge in [-0.05, 0) is 42.3 Å². The second-order valence-corrected chi connectivity index (χ2v) is 6.83. The third kappa shape index (κ3) is 5.44. The smallest absolute Gasteiger partial charge is 0.367 e. The first-order chi connectivity index (χ1) is 14.2. The van der Waals surface area contributed by atoms with E-state index in [-0.39, 0.29) is 18.6 Å². The third-order valence-corrected chi connectivity index (χ3v) is 4.70. The van der Waals surface area contributed by atoms with E-state index < -0.39 is 12.8 Å². The molecule has 0 aliphatic rings. The van der Waals surface area contributed by atoms with Gasteiger partial charge in [0.25, 0.3) is 5.91 Å². The molecule has 0 saturated heterocycles. The molecule has 158 valence electrons. The maximum Gasteiger partial charge on any atom is 0.411 e. The van der Waals surface area contributed by atoms with Crippen LogP contribution in [0.25, 0.3) is 5.69 Å². The minimum Gasteiger partial charge on any atom is -0.367 e. The molecule has 0 N–H and O–H groups in total. The highest BCUT2D eigenvalue weighted by atomic mass is 19.4. The molecule has 9 heteroatoms. The highest BCUT2D eigenvalue weighted by Crippen LogP contribution is 2.22. The second kappa shape index (κ2) is 9.08. The summed E-state index contributed by atoms with van der Waals surface area (Å²) in [7, 11) is 1.71. The molecule has 2 aromatic carbocycles. The molecule has 6 nitrogen and oxygen atoms in total. The summed E-state index contributed by atoms with van der Waals surface area (Å²) in [5.41, 5.74) is 2.83. The number of nitrogens with zero attached hydrogens (tertiary/aromatic N) is 4. The lowest BCUT2D eigenvalue weighted by Crippen LogP contribution is -2.29. The summed E-state index contributed by atoms with van der Waals surface area (Å²) < 4.78 is 42.7. The summed E-state index contributed by atoms with van der Waals surface area (Å²) in [6, 6.07) is 13.8. The number of hydrogen-bond acceptors (Lipinski definition) is 4. The van der Waals surface area contributed by atoms with Crippen LogP contribution in [0.3, 0.4) is 0 Å². The molecule has 0 fully saturated rings. The lowest BCUT2D eigenvalue weighted by Gasteiger charge is -2.25. The zero-order chi connectivity index (χ0) is 21.7. The Kier molecular flexibility index (Phi) is 6.51. The van der Waals surface area contributed by atoms with Gasteiger partial charge in [0.2, 0.25) is 0 Å². The van der Waals surface area contributed by atoms with Gasteiger partial charge in [0, 0.05) is 12.6 Å². The maximum atomic E-state index is 12.8. The van der Waals surface area contributed by atoms with E-state index in [0.29, 0.717) is 11.1 Å². The second-order valence-electron chi connectivity index (χ2n) is 6.83. The number of ether oxygens (including phenoxy) is 1. The Labute approximate surface area is 171 Å². The molecule has 0 aliphatic carbocycles. The Bertz CT molecular complexity index is 955. The van der Waals surface area contributed by atoms with Crippen molar-refractivity contribution in [1.82, 2.24) is 19.7 Å². The fourth-order valence-corrected chi connectivity index (χ4v) is 2.88. The van der Waals surface area contributed by atoms with Crippen molar-refractivity contribution in [2.75, 3.05) is 13.7 Å². The van der Waals surface area contributed by atoms with Crippen LogP contribution >= 0.6 is 0 Å². The summed E-state index contributed by atoms with van der Waals surface area (Å²) >= 11 is 0. The van der Waals surface area contributed by atoms with Crippen molar-refractivity contribution < 1.29 is 22.7 Å². The van der Waals surface area contributed by atoms with Crippen LogP contribution in [0, 0.1) is 0 Å². The van der Waals surface area contributed by atoms with Gasteiger partial charge < -0.3 is 9.64 Å². The van der Waals surface area contributed by atoms with E-state index in [9.17, 15) is 18.0 Å². The Morgan fingerprint density at radius 2 is 1.80 bits per heavy atom. The van der Waals surface area contributed by atoms with Gasteiger partial charge in [0.15, 0.2) is 0 Å². The van der Waals surface area contributed by atoms with E-state index in [4.69, 9.17) is 0 Å². The van der Waals surface area contributed by atoms with Crippen LogP contribution in [0.1, 0.15) is 34.5 Å². The largest absolute Gasteiger partial charge is 0.411 e. The number of alkyl halides is 3. The standard InChI is InChI=1S/C21H21F3N4O2/c1-15(17-7-9-19(10-8-17)28-14-25-13-26-28)27(2)20(29)18-5-3-16(4-6-18)11-30-12-21(22,23)24/h3-10,13-15H,11-12H2,1-2H3/t15-/m0/s1. The first kappa shape index (κ1) is 21.5. The van der Waals surface area contributed by atoms with Gasteiger partial charge in [0.1, 0.15) is 19.3 Å². The molecule has 1 amide bonds. The third-order valence-electron chi connectivity index (χ3n) is 4.70. The number of hydrogen-bond donors (Lipinski definition) is 0. The average molecular weight is 418 g/mol. The molecular formula is C21H21F3N4O2. The fraction of sp³-hybridized carbons (Fsp3) is 0.286. The van der Waals surface area contributed by atoms with Crippen LogP contribution in [-0.2, 0) is 11.3 Å². The quantitative estimate of drug-likeness (QED) is 0.578. The molecule has 0 radical (unpaired) electrons. The van der Waals surface area contributed by atoms with Crippen LogP contribution in [0.2, 0.25) is 0 Å². The molecule has 1 aromatic heterocycles. The van der Waals surface area contributed by atoms with E-state index in [1.165, 1.54) is 6.33 Å². The highest BCUT2D eigenvalue weighted by Gasteiger charge is 2.27. The molecular weight excluding hydrogens is 397 g/mol. The van der Waals surface area contributed by atoms with Gasteiger partial charge in [-0.1, -0.05) is 24.3 Å². The minimum absolute atomic E-state index is 0.168. The number of rotatable bonds is 7. The van der Waals surface area contributed by atoms with Crippen molar-refractivity contribution in [2.45, 2.75) is 25.7 Å². The minimum atomic E-state index is -4.36. The van der Waals surface area contributed by atoms with Crippen molar-refractivity contribution in [2.24, 2.45) is 0 Å². The van der Waals surface area contributed by atoms with Gasteiger partial charge >= 0.3 is 6.18 Å². The first-order valence-corrected chi connectivity index (χ1v) is 9.20. The van der Waals surface area contributed by atoms with Crippen LogP contribution < -0.4 is 0 Å². The van der Waals surface area contributed by atoms with Gasteiger partial charge in [-0.25, -0.2) is 9.67 Å². The van der Waals surface area contributed by atoms with Crippen LogP contribution in [0.4, 0.5) is 13.2 Å². The Hall–Kier alpha value is -3.20. The zero-order valence-corrected chi connectivity index (χ0v) is 16.5. The Morgan fingerprint density at radius 1 is 1.13 bits per heavy atom. The van der Waals surface area contributed by atoms with Crippen molar-refractivity contribution in [1.29, 1.82) is 0 Å². The molecule has 0 saturated carbocycles. The van der Waals surface area contributed by atoms with Crippen molar-refractivity contribution >= 4 is 5.91 Å². The fourth-order valence-electron chi connectivity index (χ4n) is 2.88. The molecule has 1 heterocycles. The molecule has 0 aliphatic heterocycles. The van der Waals surface area contributed by atoms with E-state index in [0.717, 1.165) is 11.3 Å². The van der Waals surface area contributed by atoms with Gasteiger partial charge in [-0.3, -0.25) is 4.79 Å². The predicted octanol–water partition coefficient (Wildman–Crippen LogP) is 4.18. The molecule has 0 spiro atoms. The Morgan fingerprint density at radius 3 is 2.37 bits per heavy atom. The van der Waals surface area contributed by atoms with E-state index in [1.807, 2.05) is 31.2 Å². The maximum absolute atomic E-state index is 12.8. The molecule has 0 unspecified atom stereocenters. The molecule has 1 atom stereocenters. The summed E-state index contributed by atoms with van der Waals surface area (Å²) in [6.45, 7) is 0.448. The van der Waals surface area contributed by atoms with Crippen molar-refractivity contribution in [3.8, 4) is 5.69 Å². The number of carbonyl (C=O) groups is 1.